The van der Waals surface area contributed by atoms with Crippen molar-refractivity contribution in [3.05, 3.63) is 28.6 Å². The Kier molecular flexibility index (Phi) is 3.39. The molecule has 0 bridgehead atoms. The highest BCUT2D eigenvalue weighted by molar-refractivity contribution is 9.10. The van der Waals surface area contributed by atoms with Gasteiger partial charge in [0.2, 0.25) is 5.89 Å². The van der Waals surface area contributed by atoms with Gasteiger partial charge in [-0.25, -0.2) is 4.98 Å². The Balaban J connectivity index is 1.93. The van der Waals surface area contributed by atoms with E-state index in [1.165, 1.54) is 19.3 Å². The van der Waals surface area contributed by atoms with Crippen molar-refractivity contribution in [2.24, 2.45) is 11.7 Å². The number of halogens is 1. The molecule has 1 aromatic carbocycles. The number of aromatic nitrogens is 1. The van der Waals surface area contributed by atoms with Gasteiger partial charge in [-0.2, -0.15) is 0 Å². The van der Waals surface area contributed by atoms with Crippen molar-refractivity contribution in [2.45, 2.75) is 44.6 Å². The fraction of sp³-hybridized carbons (Fsp3) is 0.533. The summed E-state index contributed by atoms with van der Waals surface area (Å²) >= 11 is 3.50. The summed E-state index contributed by atoms with van der Waals surface area (Å²) in [5.74, 6) is 1.51. The minimum atomic E-state index is -0.385. The zero-order valence-corrected chi connectivity index (χ0v) is 12.7. The van der Waals surface area contributed by atoms with Crippen LogP contribution < -0.4 is 5.73 Å². The van der Waals surface area contributed by atoms with Crippen LogP contribution >= 0.6 is 15.9 Å². The molecule has 1 heterocycles. The number of nitrogens with two attached hydrogens (primary N) is 1. The molecule has 19 heavy (non-hydrogen) atoms. The molecule has 0 unspecified atom stereocenters. The summed E-state index contributed by atoms with van der Waals surface area (Å²) in [5, 5.41) is 0. The predicted octanol–water partition coefficient (Wildman–Crippen LogP) is 4.34. The Morgan fingerprint density at radius 1 is 1.42 bits per heavy atom. The van der Waals surface area contributed by atoms with E-state index in [1.54, 1.807) is 0 Å². The molecule has 0 saturated heterocycles. The van der Waals surface area contributed by atoms with E-state index < -0.39 is 0 Å². The number of rotatable bonds is 2. The van der Waals surface area contributed by atoms with Gasteiger partial charge in [-0.05, 0) is 59.7 Å². The van der Waals surface area contributed by atoms with Gasteiger partial charge in [-0.3, -0.25) is 0 Å². The maximum atomic E-state index is 6.54. The van der Waals surface area contributed by atoms with Crippen molar-refractivity contribution in [3.8, 4) is 0 Å². The molecule has 2 aromatic rings. The summed E-state index contributed by atoms with van der Waals surface area (Å²) in [6.45, 7) is 2.25. The highest BCUT2D eigenvalue weighted by Gasteiger charge is 2.37. The van der Waals surface area contributed by atoms with Crippen molar-refractivity contribution in [1.82, 2.24) is 4.98 Å². The van der Waals surface area contributed by atoms with E-state index in [2.05, 4.69) is 27.8 Å². The van der Waals surface area contributed by atoms with Gasteiger partial charge in [0.1, 0.15) is 5.52 Å². The van der Waals surface area contributed by atoms with Crippen molar-refractivity contribution in [3.63, 3.8) is 0 Å². The number of nitrogens with zero attached hydrogens (tertiary/aromatic N) is 1. The zero-order chi connectivity index (χ0) is 13.5. The van der Waals surface area contributed by atoms with E-state index in [4.69, 9.17) is 10.2 Å². The standard InChI is InChI=1S/C15H19BrN2O/c1-2-10-6-8-15(17,9-7-10)14-18-12-5-3-4-11(16)13(12)19-14/h3-5,10H,2,6-9,17H2,1H3. The van der Waals surface area contributed by atoms with Crippen LogP contribution in [0.25, 0.3) is 11.1 Å². The van der Waals surface area contributed by atoms with Gasteiger partial charge in [0.25, 0.3) is 0 Å². The first kappa shape index (κ1) is 13.1. The second kappa shape index (κ2) is 4.91. The summed E-state index contributed by atoms with van der Waals surface area (Å²) in [5.41, 5.74) is 7.84. The van der Waals surface area contributed by atoms with E-state index in [0.717, 1.165) is 34.3 Å². The van der Waals surface area contributed by atoms with Crippen LogP contribution in [-0.4, -0.2) is 4.98 Å². The van der Waals surface area contributed by atoms with Gasteiger partial charge in [-0.1, -0.05) is 19.4 Å². The topological polar surface area (TPSA) is 52.0 Å². The van der Waals surface area contributed by atoms with Crippen LogP contribution in [0.3, 0.4) is 0 Å². The largest absolute Gasteiger partial charge is 0.437 e. The van der Waals surface area contributed by atoms with Crippen LogP contribution in [0.4, 0.5) is 0 Å². The van der Waals surface area contributed by atoms with E-state index in [1.807, 2.05) is 18.2 Å². The first-order valence-electron chi connectivity index (χ1n) is 6.97. The van der Waals surface area contributed by atoms with Gasteiger partial charge < -0.3 is 10.2 Å². The minimum Gasteiger partial charge on any atom is -0.437 e. The molecule has 0 radical (unpaired) electrons. The Hall–Kier alpha value is -0.870. The molecule has 1 aliphatic rings. The lowest BCUT2D eigenvalue weighted by Crippen LogP contribution is -2.40. The average Bonchev–Trinajstić information content (AvgIpc) is 2.86. The lowest BCUT2D eigenvalue weighted by molar-refractivity contribution is 0.198. The molecule has 0 atom stereocenters. The summed E-state index contributed by atoms with van der Waals surface area (Å²) < 4.78 is 6.87. The monoisotopic (exact) mass is 322 g/mol. The smallest absolute Gasteiger partial charge is 0.215 e. The molecule has 1 aromatic heterocycles. The lowest BCUT2D eigenvalue weighted by Gasteiger charge is -2.34. The quantitative estimate of drug-likeness (QED) is 0.894. The molecule has 4 heteroatoms. The number of hydrogen-bond acceptors (Lipinski definition) is 3. The van der Waals surface area contributed by atoms with Gasteiger partial charge in [-0.15, -0.1) is 0 Å². The second-order valence-electron chi connectivity index (χ2n) is 5.61. The molecule has 2 N–H and O–H groups in total. The van der Waals surface area contributed by atoms with E-state index in [9.17, 15) is 0 Å². The number of oxazole rings is 1. The fourth-order valence-electron chi connectivity index (χ4n) is 2.94. The Labute approximate surface area is 121 Å². The van der Waals surface area contributed by atoms with E-state index >= 15 is 0 Å². The average molecular weight is 323 g/mol. The van der Waals surface area contributed by atoms with Crippen LogP contribution in [0, 0.1) is 5.92 Å². The van der Waals surface area contributed by atoms with Crippen LogP contribution in [-0.2, 0) is 5.54 Å². The Morgan fingerprint density at radius 3 is 2.79 bits per heavy atom. The van der Waals surface area contributed by atoms with E-state index in [-0.39, 0.29) is 5.54 Å². The van der Waals surface area contributed by atoms with Gasteiger partial charge >= 0.3 is 0 Å². The summed E-state index contributed by atoms with van der Waals surface area (Å²) in [6, 6.07) is 5.90. The molecular formula is C15H19BrN2O. The number of para-hydroxylation sites is 1. The van der Waals surface area contributed by atoms with Crippen LogP contribution in [0.5, 0.6) is 0 Å². The van der Waals surface area contributed by atoms with Gasteiger partial charge in [0.15, 0.2) is 5.58 Å². The summed E-state index contributed by atoms with van der Waals surface area (Å²) in [4.78, 5) is 4.60. The van der Waals surface area contributed by atoms with Crippen molar-refractivity contribution in [2.75, 3.05) is 0 Å². The van der Waals surface area contributed by atoms with Crippen LogP contribution in [0.15, 0.2) is 27.1 Å². The van der Waals surface area contributed by atoms with Gasteiger partial charge in [0.05, 0.1) is 10.0 Å². The van der Waals surface area contributed by atoms with Crippen LogP contribution in [0.2, 0.25) is 0 Å². The second-order valence-corrected chi connectivity index (χ2v) is 6.47. The molecule has 1 fully saturated rings. The molecular weight excluding hydrogens is 304 g/mol. The zero-order valence-electron chi connectivity index (χ0n) is 11.2. The number of hydrogen-bond donors (Lipinski definition) is 1. The Morgan fingerprint density at radius 2 is 2.16 bits per heavy atom. The number of benzene rings is 1. The minimum absolute atomic E-state index is 0.385. The Bertz CT molecular complexity index is 585. The third kappa shape index (κ3) is 2.32. The third-order valence-corrected chi connectivity index (χ3v) is 4.99. The fourth-order valence-corrected chi connectivity index (χ4v) is 3.38. The highest BCUT2D eigenvalue weighted by Crippen LogP contribution is 2.39. The lowest BCUT2D eigenvalue weighted by atomic mass is 9.76. The molecule has 0 aliphatic heterocycles. The summed E-state index contributed by atoms with van der Waals surface area (Å²) in [7, 11) is 0. The van der Waals surface area contributed by atoms with Crippen molar-refractivity contribution >= 4 is 27.0 Å². The first-order chi connectivity index (χ1) is 9.12. The maximum absolute atomic E-state index is 6.54. The molecule has 0 spiro atoms. The molecule has 1 aliphatic carbocycles. The molecule has 3 nitrogen and oxygen atoms in total. The van der Waals surface area contributed by atoms with Crippen molar-refractivity contribution in [1.29, 1.82) is 0 Å². The van der Waals surface area contributed by atoms with Gasteiger partial charge in [0, 0.05) is 0 Å². The maximum Gasteiger partial charge on any atom is 0.215 e. The van der Waals surface area contributed by atoms with Crippen molar-refractivity contribution < 1.29 is 4.42 Å². The molecule has 3 rings (SSSR count). The molecule has 0 amide bonds. The first-order valence-corrected chi connectivity index (χ1v) is 7.76. The van der Waals surface area contributed by atoms with Crippen LogP contribution in [0.1, 0.15) is 44.9 Å². The summed E-state index contributed by atoms with van der Waals surface area (Å²) in [6.07, 6.45) is 5.53. The normalized spacial score (nSPS) is 27.8. The number of fused-ring (bicyclic) bond motifs is 1. The predicted molar refractivity (Wildman–Crippen MR) is 79.8 cm³/mol. The van der Waals surface area contributed by atoms with E-state index in [0.29, 0.717) is 5.89 Å². The SMILES string of the molecule is CCC1CCC(N)(c2nc3cccc(Br)c3o2)CC1. The highest BCUT2D eigenvalue weighted by atomic mass is 79.9. The molecule has 1 saturated carbocycles. The third-order valence-electron chi connectivity index (χ3n) is 4.37. The molecule has 102 valence electrons.